The summed E-state index contributed by atoms with van der Waals surface area (Å²) in [5.41, 5.74) is -0.466. The van der Waals surface area contributed by atoms with Crippen LogP contribution in [0.1, 0.15) is 37.8 Å². The minimum atomic E-state index is -4.01. The fourth-order valence-electron chi connectivity index (χ4n) is 4.39. The summed E-state index contributed by atoms with van der Waals surface area (Å²) in [7, 11) is -4.01. The molecule has 3 fully saturated rings. The average molecular weight is 467 g/mol. The van der Waals surface area contributed by atoms with Crippen LogP contribution in [0.15, 0.2) is 17.2 Å². The number of carbonyl (C=O) groups excluding carboxylic acids is 2. The molecule has 172 valence electrons. The largest absolute Gasteiger partial charge is 0.338 e. The van der Waals surface area contributed by atoms with Crippen LogP contribution in [0.4, 0.5) is 8.78 Å². The molecule has 0 radical (unpaired) electrons. The van der Waals surface area contributed by atoms with Crippen LogP contribution in [0.3, 0.4) is 0 Å². The summed E-state index contributed by atoms with van der Waals surface area (Å²) >= 11 is 0. The molecule has 3 aliphatic rings. The van der Waals surface area contributed by atoms with Gasteiger partial charge in [-0.2, -0.15) is 10.4 Å². The summed E-state index contributed by atoms with van der Waals surface area (Å²) in [4.78, 5) is 27.0. The van der Waals surface area contributed by atoms with E-state index in [9.17, 15) is 32.0 Å². The second-order valence-corrected chi connectivity index (χ2v) is 11.1. The molecule has 1 N–H and O–H groups in total. The van der Waals surface area contributed by atoms with Crippen molar-refractivity contribution in [3.05, 3.63) is 17.8 Å². The second kappa shape index (κ2) is 7.72. The molecule has 2 saturated carbocycles. The molecule has 1 aromatic heterocycles. The lowest BCUT2D eigenvalue weighted by Crippen LogP contribution is -2.45. The molecule has 2 amide bonds. The Morgan fingerprint density at radius 2 is 1.88 bits per heavy atom. The Bertz CT molecular complexity index is 1080. The first-order valence-corrected chi connectivity index (χ1v) is 12.0. The molecule has 2 heterocycles. The first kappa shape index (κ1) is 22.5. The summed E-state index contributed by atoms with van der Waals surface area (Å²) in [5, 5.41) is 18.1. The second-order valence-electron chi connectivity index (χ2n) is 8.91. The highest BCUT2D eigenvalue weighted by molar-refractivity contribution is 7.92. The first-order valence-electron chi connectivity index (χ1n) is 10.4. The molecule has 12 heteroatoms. The minimum Gasteiger partial charge on any atom is -0.338 e. The van der Waals surface area contributed by atoms with Gasteiger partial charge in [-0.3, -0.25) is 9.59 Å². The van der Waals surface area contributed by atoms with Gasteiger partial charge in [-0.15, -0.1) is 5.10 Å². The predicted molar refractivity (Wildman–Crippen MR) is 106 cm³/mol. The van der Waals surface area contributed by atoms with Crippen LogP contribution in [0.25, 0.3) is 0 Å². The molecule has 9 nitrogen and oxygen atoms in total. The van der Waals surface area contributed by atoms with E-state index in [1.165, 1.54) is 12.1 Å². The Morgan fingerprint density at radius 3 is 2.41 bits per heavy atom. The number of amides is 2. The third kappa shape index (κ3) is 4.18. The van der Waals surface area contributed by atoms with Crippen LogP contribution >= 0.6 is 0 Å². The molecule has 0 spiro atoms. The smallest absolute Gasteiger partial charge is 0.267 e. The Labute approximate surface area is 184 Å². The molecular weight excluding hydrogens is 444 g/mol. The van der Waals surface area contributed by atoms with Crippen LogP contribution in [0.5, 0.6) is 0 Å². The van der Waals surface area contributed by atoms with Crippen molar-refractivity contribution < 1.29 is 26.8 Å². The molecule has 4 rings (SSSR count). The third-order valence-electron chi connectivity index (χ3n) is 6.48. The summed E-state index contributed by atoms with van der Waals surface area (Å²) < 4.78 is 53.6. The van der Waals surface area contributed by atoms with E-state index in [0.717, 1.165) is 4.90 Å². The Hall–Kier alpha value is -2.68. The van der Waals surface area contributed by atoms with Gasteiger partial charge in [-0.05, 0) is 44.7 Å². The van der Waals surface area contributed by atoms with Crippen molar-refractivity contribution in [1.82, 2.24) is 20.4 Å². The molecule has 3 atom stereocenters. The summed E-state index contributed by atoms with van der Waals surface area (Å²) in [6.07, 6.45) is 0.127. The maximum absolute atomic E-state index is 13.7. The van der Waals surface area contributed by atoms with Crippen LogP contribution in [-0.2, 0) is 19.4 Å². The summed E-state index contributed by atoms with van der Waals surface area (Å²) in [6.45, 7) is 0.752. The molecule has 0 bridgehead atoms. The number of carbonyl (C=O) groups is 2. The van der Waals surface area contributed by atoms with Crippen molar-refractivity contribution in [3.8, 4) is 6.07 Å². The van der Waals surface area contributed by atoms with E-state index in [1.54, 1.807) is 6.92 Å². The lowest BCUT2D eigenvalue weighted by atomic mass is 9.93. The van der Waals surface area contributed by atoms with E-state index in [4.69, 9.17) is 0 Å². The monoisotopic (exact) mass is 467 g/mol. The number of aryl methyl sites for hydroxylation is 1. The number of sulfone groups is 1. The van der Waals surface area contributed by atoms with Gasteiger partial charge in [0.15, 0.2) is 14.9 Å². The van der Waals surface area contributed by atoms with Gasteiger partial charge in [0.25, 0.3) is 5.92 Å². The molecular formula is C20H23F2N5O4S. The highest BCUT2D eigenvalue weighted by Crippen LogP contribution is 2.42. The minimum absolute atomic E-state index is 0.153. The number of hydrogen-bond donors (Lipinski definition) is 1. The number of nitrogens with one attached hydrogen (secondary N) is 1. The highest BCUT2D eigenvalue weighted by Gasteiger charge is 2.53. The van der Waals surface area contributed by atoms with Crippen molar-refractivity contribution in [2.45, 2.75) is 60.8 Å². The lowest BCUT2D eigenvalue weighted by molar-refractivity contribution is -0.141. The zero-order valence-corrected chi connectivity index (χ0v) is 18.2. The van der Waals surface area contributed by atoms with Crippen LogP contribution in [0, 0.1) is 30.1 Å². The van der Waals surface area contributed by atoms with Crippen molar-refractivity contribution in [1.29, 1.82) is 5.26 Å². The van der Waals surface area contributed by atoms with Crippen LogP contribution in [-0.4, -0.2) is 65.1 Å². The zero-order valence-electron chi connectivity index (χ0n) is 17.4. The number of nitrogens with zero attached hydrogens (tertiary/aromatic N) is 4. The normalized spacial score (nSPS) is 28.2. The first-order chi connectivity index (χ1) is 15.0. The number of nitriles is 1. The van der Waals surface area contributed by atoms with E-state index < -0.39 is 63.2 Å². The van der Waals surface area contributed by atoms with E-state index in [1.807, 2.05) is 6.07 Å². The van der Waals surface area contributed by atoms with Crippen molar-refractivity contribution in [2.24, 2.45) is 11.8 Å². The maximum atomic E-state index is 13.7. The lowest BCUT2D eigenvalue weighted by Gasteiger charge is -2.24. The zero-order chi connectivity index (χ0) is 23.3. The predicted octanol–water partition coefficient (Wildman–Crippen LogP) is 0.993. The standard InChI is InChI=1S/C20H23F2N5O4S/c1-12-2-3-16(26-25-12)32(30,31)13-8-14(17(28)24-19(10-23)4-5-19)15(9-13)18(29)27-7-6-20(21,22)11-27/h2-3,13-15H,4-9,11H2,1H3,(H,24,28)/t13-,14-,15-/m1/s1. The van der Waals surface area contributed by atoms with Crippen molar-refractivity contribution in [2.75, 3.05) is 13.1 Å². The van der Waals surface area contributed by atoms with Gasteiger partial charge in [0.1, 0.15) is 5.54 Å². The molecule has 1 aromatic rings. The number of aromatic nitrogens is 2. The molecule has 0 aromatic carbocycles. The molecule has 32 heavy (non-hydrogen) atoms. The van der Waals surface area contributed by atoms with Gasteiger partial charge in [-0.25, -0.2) is 17.2 Å². The van der Waals surface area contributed by atoms with Crippen LogP contribution in [0.2, 0.25) is 0 Å². The van der Waals surface area contributed by atoms with Crippen molar-refractivity contribution >= 4 is 21.7 Å². The van der Waals surface area contributed by atoms with Crippen LogP contribution < -0.4 is 5.32 Å². The average Bonchev–Trinajstić information content (AvgIpc) is 3.19. The quantitative estimate of drug-likeness (QED) is 0.683. The van der Waals surface area contributed by atoms with E-state index >= 15 is 0 Å². The Kier molecular flexibility index (Phi) is 5.43. The number of rotatable bonds is 5. The number of hydrogen-bond acceptors (Lipinski definition) is 7. The van der Waals surface area contributed by atoms with E-state index in [2.05, 4.69) is 15.5 Å². The number of likely N-dealkylation sites (tertiary alicyclic amines) is 1. The SMILES string of the molecule is Cc1ccc(S(=O)(=O)[C@@H]2C[C@@H](C(=O)NC3(C#N)CC3)[C@H](C(=O)N3CCC(F)(F)C3)C2)nn1. The van der Waals surface area contributed by atoms with Gasteiger partial charge in [0, 0.05) is 13.0 Å². The maximum Gasteiger partial charge on any atom is 0.267 e. The van der Waals surface area contributed by atoms with Gasteiger partial charge in [0.05, 0.1) is 35.4 Å². The number of alkyl halides is 2. The Morgan fingerprint density at radius 1 is 1.19 bits per heavy atom. The highest BCUT2D eigenvalue weighted by atomic mass is 32.2. The molecule has 1 aliphatic heterocycles. The summed E-state index contributed by atoms with van der Waals surface area (Å²) in [6, 6.07) is 4.84. The molecule has 1 saturated heterocycles. The van der Waals surface area contributed by atoms with Gasteiger partial charge in [-0.1, -0.05) is 0 Å². The van der Waals surface area contributed by atoms with E-state index in [0.29, 0.717) is 18.5 Å². The van der Waals surface area contributed by atoms with Gasteiger partial charge >= 0.3 is 0 Å². The van der Waals surface area contributed by atoms with Gasteiger partial charge < -0.3 is 10.2 Å². The Balaban J connectivity index is 1.60. The third-order valence-corrected chi connectivity index (χ3v) is 8.55. The van der Waals surface area contributed by atoms with Gasteiger partial charge in [0.2, 0.25) is 11.8 Å². The fraction of sp³-hybridized carbons (Fsp3) is 0.650. The summed E-state index contributed by atoms with van der Waals surface area (Å²) in [5.74, 6) is -6.37. The number of halogens is 2. The fourth-order valence-corrected chi connectivity index (χ4v) is 6.07. The van der Waals surface area contributed by atoms with E-state index in [-0.39, 0.29) is 24.4 Å². The topological polar surface area (TPSA) is 133 Å². The van der Waals surface area contributed by atoms with Crippen molar-refractivity contribution in [3.63, 3.8) is 0 Å². The molecule has 2 aliphatic carbocycles. The molecule has 0 unspecified atom stereocenters.